The molecule has 0 bridgehead atoms. The summed E-state index contributed by atoms with van der Waals surface area (Å²) >= 11 is 0. The third-order valence-corrected chi connectivity index (χ3v) is 6.11. The lowest BCUT2D eigenvalue weighted by molar-refractivity contribution is 0.705. The standard InChI is InChI=1S/C18H24NP/c1-15(16-11-7-5-8-12-16)19-20(18(2,3)4)17-13-9-6-10-14-17/h5-15,19H,1-4H3/t15-,20+/m0/s1. The van der Waals surface area contributed by atoms with Crippen LogP contribution in [0.15, 0.2) is 60.7 Å². The van der Waals surface area contributed by atoms with Crippen LogP contribution in [0.1, 0.15) is 39.3 Å². The van der Waals surface area contributed by atoms with Crippen molar-refractivity contribution in [2.45, 2.75) is 38.9 Å². The van der Waals surface area contributed by atoms with Crippen molar-refractivity contribution in [2.75, 3.05) is 0 Å². The van der Waals surface area contributed by atoms with Crippen molar-refractivity contribution >= 4 is 13.4 Å². The van der Waals surface area contributed by atoms with Crippen LogP contribution in [0, 0.1) is 0 Å². The number of hydrogen-bond acceptors (Lipinski definition) is 1. The Bertz CT molecular complexity index is 516. The lowest BCUT2D eigenvalue weighted by Crippen LogP contribution is -2.30. The van der Waals surface area contributed by atoms with Crippen LogP contribution in [-0.4, -0.2) is 5.16 Å². The minimum atomic E-state index is -0.410. The summed E-state index contributed by atoms with van der Waals surface area (Å²) < 4.78 is 0. The summed E-state index contributed by atoms with van der Waals surface area (Å²) in [7, 11) is -0.410. The van der Waals surface area contributed by atoms with Crippen molar-refractivity contribution in [2.24, 2.45) is 0 Å². The zero-order valence-electron chi connectivity index (χ0n) is 12.8. The summed E-state index contributed by atoms with van der Waals surface area (Å²) in [6.07, 6.45) is 0. The predicted molar refractivity (Wildman–Crippen MR) is 90.7 cm³/mol. The van der Waals surface area contributed by atoms with Crippen molar-refractivity contribution in [1.29, 1.82) is 0 Å². The van der Waals surface area contributed by atoms with Gasteiger partial charge in [0.15, 0.2) is 0 Å². The van der Waals surface area contributed by atoms with Gasteiger partial charge >= 0.3 is 0 Å². The van der Waals surface area contributed by atoms with Gasteiger partial charge in [0.25, 0.3) is 0 Å². The van der Waals surface area contributed by atoms with E-state index >= 15 is 0 Å². The van der Waals surface area contributed by atoms with E-state index in [9.17, 15) is 0 Å². The molecular formula is C18H24NP. The van der Waals surface area contributed by atoms with E-state index in [0.717, 1.165) is 0 Å². The van der Waals surface area contributed by atoms with Gasteiger partial charge in [0.2, 0.25) is 0 Å². The lowest BCUT2D eigenvalue weighted by atomic mass is 10.1. The maximum Gasteiger partial charge on any atom is 0.0330 e. The first kappa shape index (κ1) is 15.2. The Morgan fingerprint density at radius 1 is 0.850 bits per heavy atom. The van der Waals surface area contributed by atoms with Crippen LogP contribution in [0.5, 0.6) is 0 Å². The van der Waals surface area contributed by atoms with Gasteiger partial charge in [0.1, 0.15) is 0 Å². The summed E-state index contributed by atoms with van der Waals surface area (Å²) in [5.74, 6) is 0. The highest BCUT2D eigenvalue weighted by Gasteiger charge is 2.27. The SMILES string of the molecule is C[C@H](N[P@](c1ccccc1)C(C)(C)C)c1ccccc1. The van der Waals surface area contributed by atoms with Gasteiger partial charge in [-0.25, -0.2) is 0 Å². The van der Waals surface area contributed by atoms with Crippen molar-refractivity contribution in [3.63, 3.8) is 0 Å². The molecule has 106 valence electrons. The molecule has 1 N–H and O–H groups in total. The minimum Gasteiger partial charge on any atom is -0.285 e. The van der Waals surface area contributed by atoms with Crippen molar-refractivity contribution in [1.82, 2.24) is 5.09 Å². The number of hydrogen-bond donors (Lipinski definition) is 1. The summed E-state index contributed by atoms with van der Waals surface area (Å²) in [4.78, 5) is 0. The lowest BCUT2D eigenvalue weighted by Gasteiger charge is -2.34. The van der Waals surface area contributed by atoms with Gasteiger partial charge in [-0.05, 0) is 31.0 Å². The second kappa shape index (κ2) is 6.52. The van der Waals surface area contributed by atoms with E-state index in [1.165, 1.54) is 10.9 Å². The topological polar surface area (TPSA) is 12.0 Å². The van der Waals surface area contributed by atoms with E-state index in [2.05, 4.69) is 93.4 Å². The van der Waals surface area contributed by atoms with Gasteiger partial charge in [-0.1, -0.05) is 81.4 Å². The molecule has 0 unspecified atom stereocenters. The second-order valence-corrected chi connectivity index (χ2v) is 8.89. The quantitative estimate of drug-likeness (QED) is 0.791. The van der Waals surface area contributed by atoms with Gasteiger partial charge < -0.3 is 0 Å². The summed E-state index contributed by atoms with van der Waals surface area (Å²) in [6.45, 7) is 9.20. The largest absolute Gasteiger partial charge is 0.285 e. The Hall–Kier alpha value is -1.17. The molecule has 0 aliphatic rings. The molecule has 2 aromatic carbocycles. The predicted octanol–water partition coefficient (Wildman–Crippen LogP) is 4.86. The van der Waals surface area contributed by atoms with Gasteiger partial charge in [-0.2, -0.15) is 0 Å². The minimum absolute atomic E-state index is 0.236. The average molecular weight is 285 g/mol. The maximum absolute atomic E-state index is 3.85. The Labute approximate surface area is 124 Å². The second-order valence-electron chi connectivity index (χ2n) is 6.10. The highest BCUT2D eigenvalue weighted by molar-refractivity contribution is 7.65. The molecule has 0 heterocycles. The highest BCUT2D eigenvalue weighted by Crippen LogP contribution is 2.46. The van der Waals surface area contributed by atoms with Crippen LogP contribution in [-0.2, 0) is 0 Å². The zero-order valence-corrected chi connectivity index (χ0v) is 13.7. The fourth-order valence-electron chi connectivity index (χ4n) is 2.24. The molecule has 0 saturated carbocycles. The van der Waals surface area contributed by atoms with Gasteiger partial charge in [0, 0.05) is 6.04 Å². The number of rotatable bonds is 4. The Balaban J connectivity index is 2.22. The van der Waals surface area contributed by atoms with E-state index in [-0.39, 0.29) is 5.16 Å². The molecule has 1 nitrogen and oxygen atoms in total. The van der Waals surface area contributed by atoms with Gasteiger partial charge in [-0.3, -0.25) is 5.09 Å². The molecule has 20 heavy (non-hydrogen) atoms. The van der Waals surface area contributed by atoms with E-state index in [0.29, 0.717) is 6.04 Å². The molecule has 2 atom stereocenters. The molecule has 0 aliphatic heterocycles. The molecule has 0 radical (unpaired) electrons. The fourth-order valence-corrected chi connectivity index (χ4v) is 4.56. The number of nitrogens with one attached hydrogen (secondary N) is 1. The average Bonchev–Trinajstić information content (AvgIpc) is 2.45. The Morgan fingerprint density at radius 3 is 1.85 bits per heavy atom. The molecule has 0 saturated heterocycles. The molecule has 0 amide bonds. The summed E-state index contributed by atoms with van der Waals surface area (Å²) in [5, 5.41) is 5.50. The first-order chi connectivity index (χ1) is 9.48. The first-order valence-corrected chi connectivity index (χ1v) is 8.49. The molecule has 2 heteroatoms. The Kier molecular flexibility index (Phi) is 4.96. The van der Waals surface area contributed by atoms with Crippen LogP contribution in [0.4, 0.5) is 0 Å². The normalized spacial score (nSPS) is 14.8. The smallest absolute Gasteiger partial charge is 0.0330 e. The highest BCUT2D eigenvalue weighted by atomic mass is 31.1. The fraction of sp³-hybridized carbons (Fsp3) is 0.333. The molecule has 2 rings (SSSR count). The molecule has 0 fully saturated rings. The monoisotopic (exact) mass is 285 g/mol. The Morgan fingerprint density at radius 2 is 1.35 bits per heavy atom. The van der Waals surface area contributed by atoms with Crippen LogP contribution in [0.3, 0.4) is 0 Å². The van der Waals surface area contributed by atoms with Crippen LogP contribution in [0.25, 0.3) is 0 Å². The van der Waals surface area contributed by atoms with Crippen molar-refractivity contribution in [3.05, 3.63) is 66.2 Å². The molecule has 0 aromatic heterocycles. The zero-order chi connectivity index (χ0) is 14.6. The van der Waals surface area contributed by atoms with Crippen LogP contribution < -0.4 is 10.4 Å². The summed E-state index contributed by atoms with van der Waals surface area (Å²) in [5.41, 5.74) is 1.35. The van der Waals surface area contributed by atoms with Crippen molar-refractivity contribution < 1.29 is 0 Å². The molecular weight excluding hydrogens is 261 g/mol. The van der Waals surface area contributed by atoms with Crippen LogP contribution >= 0.6 is 8.07 Å². The molecule has 2 aromatic rings. The van der Waals surface area contributed by atoms with Gasteiger partial charge in [-0.15, -0.1) is 0 Å². The van der Waals surface area contributed by atoms with E-state index < -0.39 is 8.07 Å². The van der Waals surface area contributed by atoms with E-state index in [1.807, 2.05) is 0 Å². The third kappa shape index (κ3) is 3.91. The van der Waals surface area contributed by atoms with E-state index in [4.69, 9.17) is 0 Å². The maximum atomic E-state index is 3.85. The third-order valence-electron chi connectivity index (χ3n) is 3.31. The molecule has 0 spiro atoms. The summed E-state index contributed by atoms with van der Waals surface area (Å²) in [6, 6.07) is 21.9. The van der Waals surface area contributed by atoms with Crippen molar-refractivity contribution in [3.8, 4) is 0 Å². The number of benzene rings is 2. The van der Waals surface area contributed by atoms with E-state index in [1.54, 1.807) is 0 Å². The molecule has 0 aliphatic carbocycles. The van der Waals surface area contributed by atoms with Gasteiger partial charge in [0.05, 0.1) is 0 Å². The van der Waals surface area contributed by atoms with Crippen LogP contribution in [0.2, 0.25) is 0 Å². The first-order valence-electron chi connectivity index (χ1n) is 7.15.